The number of hydrogen-bond acceptors (Lipinski definition) is 2. The fourth-order valence-corrected chi connectivity index (χ4v) is 3.16. The Balaban J connectivity index is 1.62. The summed E-state index contributed by atoms with van der Waals surface area (Å²) in [6.45, 7) is 3.59. The summed E-state index contributed by atoms with van der Waals surface area (Å²) in [6.07, 6.45) is 6.75. The van der Waals surface area contributed by atoms with Crippen LogP contribution < -0.4 is 10.6 Å². The van der Waals surface area contributed by atoms with Crippen LogP contribution in [0.1, 0.15) is 45.4 Å². The van der Waals surface area contributed by atoms with Gasteiger partial charge in [-0.2, -0.15) is 0 Å². The van der Waals surface area contributed by atoms with Crippen molar-refractivity contribution in [3.8, 4) is 0 Å². The molecule has 3 unspecified atom stereocenters. The van der Waals surface area contributed by atoms with E-state index in [9.17, 15) is 9.59 Å². The van der Waals surface area contributed by atoms with Gasteiger partial charge in [-0.3, -0.25) is 9.59 Å². The first kappa shape index (κ1) is 13.4. The highest BCUT2D eigenvalue weighted by molar-refractivity contribution is 5.89. The zero-order valence-electron chi connectivity index (χ0n) is 11.2. The molecule has 102 valence electrons. The van der Waals surface area contributed by atoms with E-state index in [-0.39, 0.29) is 17.7 Å². The third-order valence-electron chi connectivity index (χ3n) is 4.25. The van der Waals surface area contributed by atoms with E-state index in [4.69, 9.17) is 0 Å². The highest BCUT2D eigenvalue weighted by Gasteiger charge is 2.27. The van der Waals surface area contributed by atoms with Gasteiger partial charge in [0.2, 0.25) is 11.8 Å². The molecule has 1 aliphatic heterocycles. The Bertz CT molecular complexity index is 317. The highest BCUT2D eigenvalue weighted by atomic mass is 16.2. The first-order chi connectivity index (χ1) is 8.65. The summed E-state index contributed by atoms with van der Waals surface area (Å²) >= 11 is 0. The van der Waals surface area contributed by atoms with Crippen molar-refractivity contribution in [1.82, 2.24) is 10.6 Å². The van der Waals surface area contributed by atoms with E-state index in [1.165, 1.54) is 25.7 Å². The second kappa shape index (κ2) is 6.21. The molecule has 0 spiro atoms. The summed E-state index contributed by atoms with van der Waals surface area (Å²) in [5.41, 5.74) is 0. The van der Waals surface area contributed by atoms with Crippen molar-refractivity contribution in [1.29, 1.82) is 0 Å². The average molecular weight is 252 g/mol. The van der Waals surface area contributed by atoms with Crippen LogP contribution in [0.25, 0.3) is 0 Å². The van der Waals surface area contributed by atoms with E-state index in [1.54, 1.807) is 0 Å². The van der Waals surface area contributed by atoms with Crippen LogP contribution in [0.5, 0.6) is 0 Å². The molecule has 1 heterocycles. The maximum atomic E-state index is 11.8. The zero-order chi connectivity index (χ0) is 13.0. The Morgan fingerprint density at radius 2 is 2.28 bits per heavy atom. The summed E-state index contributed by atoms with van der Waals surface area (Å²) in [7, 11) is 0. The summed E-state index contributed by atoms with van der Waals surface area (Å²) in [4.78, 5) is 22.8. The number of carbonyl (C=O) groups is 2. The predicted octanol–water partition coefficient (Wildman–Crippen LogP) is 1.46. The van der Waals surface area contributed by atoms with E-state index in [0.717, 1.165) is 24.8 Å². The minimum Gasteiger partial charge on any atom is -0.356 e. The Hall–Kier alpha value is -1.06. The van der Waals surface area contributed by atoms with Crippen molar-refractivity contribution in [2.45, 2.75) is 45.4 Å². The van der Waals surface area contributed by atoms with Crippen LogP contribution in [0.3, 0.4) is 0 Å². The van der Waals surface area contributed by atoms with E-state index in [0.29, 0.717) is 13.0 Å². The van der Waals surface area contributed by atoms with Gasteiger partial charge in [-0.15, -0.1) is 0 Å². The summed E-state index contributed by atoms with van der Waals surface area (Å²) in [5.74, 6) is 1.50. The Morgan fingerprint density at radius 1 is 1.44 bits per heavy atom. The quantitative estimate of drug-likeness (QED) is 0.795. The molecule has 4 nitrogen and oxygen atoms in total. The lowest BCUT2D eigenvalue weighted by Crippen LogP contribution is -2.33. The topological polar surface area (TPSA) is 58.2 Å². The minimum atomic E-state index is -0.150. The predicted molar refractivity (Wildman–Crippen MR) is 69.9 cm³/mol. The molecule has 2 rings (SSSR count). The van der Waals surface area contributed by atoms with Crippen molar-refractivity contribution in [3.63, 3.8) is 0 Å². The molecule has 2 aliphatic rings. The monoisotopic (exact) mass is 252 g/mol. The largest absolute Gasteiger partial charge is 0.356 e. The van der Waals surface area contributed by atoms with E-state index >= 15 is 0 Å². The molecule has 0 bridgehead atoms. The van der Waals surface area contributed by atoms with Crippen molar-refractivity contribution in [2.24, 2.45) is 17.8 Å². The SMILES string of the molecule is CC1CCCC(CCNC(=O)C2CNC(=O)C2)C1. The van der Waals surface area contributed by atoms with Gasteiger partial charge in [-0.25, -0.2) is 0 Å². The van der Waals surface area contributed by atoms with Gasteiger partial charge in [-0.05, 0) is 24.7 Å². The average Bonchev–Trinajstić information content (AvgIpc) is 2.76. The van der Waals surface area contributed by atoms with Crippen molar-refractivity contribution in [3.05, 3.63) is 0 Å². The first-order valence-corrected chi connectivity index (χ1v) is 7.19. The molecular weight excluding hydrogens is 228 g/mol. The van der Waals surface area contributed by atoms with Crippen LogP contribution in [-0.4, -0.2) is 24.9 Å². The molecule has 2 fully saturated rings. The van der Waals surface area contributed by atoms with Crippen LogP contribution in [0.4, 0.5) is 0 Å². The number of amides is 2. The van der Waals surface area contributed by atoms with Gasteiger partial charge >= 0.3 is 0 Å². The third-order valence-corrected chi connectivity index (χ3v) is 4.25. The fourth-order valence-electron chi connectivity index (χ4n) is 3.16. The number of hydrogen-bond donors (Lipinski definition) is 2. The first-order valence-electron chi connectivity index (χ1n) is 7.19. The van der Waals surface area contributed by atoms with Crippen molar-refractivity contribution >= 4 is 11.8 Å². The van der Waals surface area contributed by atoms with Gasteiger partial charge in [0.05, 0.1) is 5.92 Å². The molecule has 1 aliphatic carbocycles. The normalized spacial score (nSPS) is 32.1. The molecule has 0 aromatic rings. The Morgan fingerprint density at radius 3 is 2.94 bits per heavy atom. The molecule has 2 amide bonds. The third kappa shape index (κ3) is 3.72. The van der Waals surface area contributed by atoms with Gasteiger partial charge < -0.3 is 10.6 Å². The maximum Gasteiger partial charge on any atom is 0.225 e. The van der Waals surface area contributed by atoms with Gasteiger partial charge in [0.15, 0.2) is 0 Å². The molecule has 2 N–H and O–H groups in total. The van der Waals surface area contributed by atoms with Crippen molar-refractivity contribution < 1.29 is 9.59 Å². The van der Waals surface area contributed by atoms with E-state index in [1.807, 2.05) is 0 Å². The van der Waals surface area contributed by atoms with Gasteiger partial charge in [0.1, 0.15) is 0 Å². The second-order valence-electron chi connectivity index (χ2n) is 5.92. The Kier molecular flexibility index (Phi) is 4.61. The molecule has 1 saturated carbocycles. The zero-order valence-corrected chi connectivity index (χ0v) is 11.2. The molecule has 4 heteroatoms. The van der Waals surface area contributed by atoms with Crippen LogP contribution in [-0.2, 0) is 9.59 Å². The lowest BCUT2D eigenvalue weighted by Gasteiger charge is -2.26. The van der Waals surface area contributed by atoms with Crippen LogP contribution >= 0.6 is 0 Å². The lowest BCUT2D eigenvalue weighted by atomic mass is 9.81. The van der Waals surface area contributed by atoms with Crippen molar-refractivity contribution in [2.75, 3.05) is 13.1 Å². The molecular formula is C14H24N2O2. The number of rotatable bonds is 4. The van der Waals surface area contributed by atoms with E-state index < -0.39 is 0 Å². The smallest absolute Gasteiger partial charge is 0.225 e. The molecule has 0 aromatic carbocycles. The molecule has 0 aromatic heterocycles. The minimum absolute atomic E-state index is 0.00347. The fraction of sp³-hybridized carbons (Fsp3) is 0.857. The summed E-state index contributed by atoms with van der Waals surface area (Å²) in [6, 6.07) is 0. The van der Waals surface area contributed by atoms with Crippen LogP contribution in [0.2, 0.25) is 0 Å². The summed E-state index contributed by atoms with van der Waals surface area (Å²) in [5, 5.41) is 5.67. The van der Waals surface area contributed by atoms with Gasteiger partial charge in [0, 0.05) is 19.5 Å². The summed E-state index contributed by atoms with van der Waals surface area (Å²) < 4.78 is 0. The molecule has 1 saturated heterocycles. The highest BCUT2D eigenvalue weighted by Crippen LogP contribution is 2.30. The molecule has 18 heavy (non-hydrogen) atoms. The number of nitrogens with one attached hydrogen (secondary N) is 2. The standard InChI is InChI=1S/C14H24N2O2/c1-10-3-2-4-11(7-10)5-6-15-14(18)12-8-13(17)16-9-12/h10-12H,2-9H2,1H3,(H,15,18)(H,16,17). The van der Waals surface area contributed by atoms with Gasteiger partial charge in [0.25, 0.3) is 0 Å². The van der Waals surface area contributed by atoms with Crippen LogP contribution in [0, 0.1) is 17.8 Å². The maximum absolute atomic E-state index is 11.8. The second-order valence-corrected chi connectivity index (χ2v) is 5.92. The Labute approximate surface area is 109 Å². The molecule has 0 radical (unpaired) electrons. The number of carbonyl (C=O) groups excluding carboxylic acids is 2. The van der Waals surface area contributed by atoms with Gasteiger partial charge in [-0.1, -0.05) is 26.2 Å². The van der Waals surface area contributed by atoms with Crippen LogP contribution in [0.15, 0.2) is 0 Å². The molecule has 3 atom stereocenters. The van der Waals surface area contributed by atoms with E-state index in [2.05, 4.69) is 17.6 Å². The lowest BCUT2D eigenvalue weighted by molar-refractivity contribution is -0.126.